The van der Waals surface area contributed by atoms with Crippen molar-refractivity contribution in [2.24, 2.45) is 5.92 Å². The largest absolute Gasteiger partial charge is 0.368 e. The molecule has 0 saturated carbocycles. The summed E-state index contributed by atoms with van der Waals surface area (Å²) in [5, 5.41) is 6.78. The monoisotopic (exact) mass is 206 g/mol. The maximum Gasteiger partial charge on any atom is 0.147 e. The van der Waals surface area contributed by atoms with Crippen molar-refractivity contribution in [2.45, 2.75) is 19.8 Å². The molecule has 1 saturated heterocycles. The van der Waals surface area contributed by atoms with Crippen LogP contribution in [0.2, 0.25) is 0 Å². The average molecular weight is 206 g/mol. The van der Waals surface area contributed by atoms with Crippen LogP contribution in [0.5, 0.6) is 0 Å². The van der Waals surface area contributed by atoms with Crippen LogP contribution >= 0.6 is 0 Å². The first kappa shape index (κ1) is 10.4. The van der Waals surface area contributed by atoms with Crippen molar-refractivity contribution in [1.82, 2.24) is 15.3 Å². The number of nitrogens with one attached hydrogen (secondary N) is 2. The Labute approximate surface area is 90.5 Å². The highest BCUT2D eigenvalue weighted by Gasteiger charge is 2.12. The van der Waals surface area contributed by atoms with Crippen LogP contribution in [0.1, 0.15) is 18.5 Å². The summed E-state index contributed by atoms with van der Waals surface area (Å²) in [6.45, 7) is 5.26. The van der Waals surface area contributed by atoms with E-state index in [1.165, 1.54) is 19.4 Å². The lowest BCUT2D eigenvalue weighted by atomic mass is 10.00. The molecule has 82 valence electrons. The van der Waals surface area contributed by atoms with Gasteiger partial charge in [-0.3, -0.25) is 4.98 Å². The minimum atomic E-state index is 0.722. The number of rotatable bonds is 3. The van der Waals surface area contributed by atoms with Crippen LogP contribution in [-0.2, 0) is 0 Å². The zero-order valence-electron chi connectivity index (χ0n) is 9.16. The molecule has 1 fully saturated rings. The van der Waals surface area contributed by atoms with Gasteiger partial charge in [-0.1, -0.05) is 0 Å². The maximum absolute atomic E-state index is 4.27. The third-order valence-corrected chi connectivity index (χ3v) is 2.84. The first-order valence-corrected chi connectivity index (χ1v) is 5.58. The number of nitrogens with zero attached hydrogens (tertiary/aromatic N) is 2. The Hall–Kier alpha value is -1.16. The van der Waals surface area contributed by atoms with Gasteiger partial charge in [-0.05, 0) is 38.8 Å². The maximum atomic E-state index is 4.27. The number of hydrogen-bond donors (Lipinski definition) is 2. The van der Waals surface area contributed by atoms with Gasteiger partial charge in [0.25, 0.3) is 0 Å². The van der Waals surface area contributed by atoms with Crippen LogP contribution in [-0.4, -0.2) is 29.6 Å². The molecule has 1 aromatic rings. The predicted octanol–water partition coefficient (Wildman–Crippen LogP) is 1.20. The smallest absolute Gasteiger partial charge is 0.147 e. The highest BCUT2D eigenvalue weighted by Crippen LogP contribution is 2.12. The van der Waals surface area contributed by atoms with Crippen molar-refractivity contribution >= 4 is 5.82 Å². The average Bonchev–Trinajstić information content (AvgIpc) is 2.29. The van der Waals surface area contributed by atoms with Gasteiger partial charge in [-0.25, -0.2) is 4.98 Å². The lowest BCUT2D eigenvalue weighted by molar-refractivity contribution is 0.392. The molecule has 4 heteroatoms. The molecule has 0 amide bonds. The van der Waals surface area contributed by atoms with Crippen molar-refractivity contribution in [3.05, 3.63) is 18.1 Å². The highest BCUT2D eigenvalue weighted by molar-refractivity contribution is 5.38. The van der Waals surface area contributed by atoms with E-state index in [0.29, 0.717) is 0 Å². The van der Waals surface area contributed by atoms with Crippen LogP contribution < -0.4 is 10.6 Å². The first-order chi connectivity index (χ1) is 7.36. The number of anilines is 1. The fourth-order valence-corrected chi connectivity index (χ4v) is 1.92. The summed E-state index contributed by atoms with van der Waals surface area (Å²) >= 11 is 0. The summed E-state index contributed by atoms with van der Waals surface area (Å²) in [6, 6.07) is 0. The minimum absolute atomic E-state index is 0.722. The molecular weight excluding hydrogens is 188 g/mol. The Balaban J connectivity index is 1.84. The molecule has 1 atom stereocenters. The molecule has 15 heavy (non-hydrogen) atoms. The van der Waals surface area contributed by atoms with E-state index in [4.69, 9.17) is 0 Å². The molecule has 0 radical (unpaired) electrons. The quantitative estimate of drug-likeness (QED) is 0.780. The van der Waals surface area contributed by atoms with Gasteiger partial charge in [0.2, 0.25) is 0 Å². The molecule has 2 N–H and O–H groups in total. The van der Waals surface area contributed by atoms with Gasteiger partial charge in [-0.15, -0.1) is 0 Å². The zero-order chi connectivity index (χ0) is 10.5. The molecular formula is C11H18N4. The van der Waals surface area contributed by atoms with E-state index in [2.05, 4.69) is 20.6 Å². The van der Waals surface area contributed by atoms with Crippen molar-refractivity contribution < 1.29 is 0 Å². The zero-order valence-corrected chi connectivity index (χ0v) is 9.16. The van der Waals surface area contributed by atoms with E-state index < -0.39 is 0 Å². The van der Waals surface area contributed by atoms with E-state index in [1.54, 1.807) is 12.4 Å². The summed E-state index contributed by atoms with van der Waals surface area (Å²) in [6.07, 6.45) is 6.04. The van der Waals surface area contributed by atoms with Crippen LogP contribution in [0, 0.1) is 12.8 Å². The van der Waals surface area contributed by atoms with Gasteiger partial charge < -0.3 is 10.6 Å². The summed E-state index contributed by atoms with van der Waals surface area (Å²) in [7, 11) is 0. The Morgan fingerprint density at radius 3 is 3.07 bits per heavy atom. The SMILES string of the molecule is Cc1nccnc1NC[C@@H]1CCCNC1. The number of aromatic nitrogens is 2. The van der Waals surface area contributed by atoms with E-state index in [9.17, 15) is 0 Å². The van der Waals surface area contributed by atoms with E-state index in [0.717, 1.165) is 30.5 Å². The van der Waals surface area contributed by atoms with Crippen molar-refractivity contribution in [3.8, 4) is 0 Å². The Kier molecular flexibility index (Phi) is 3.50. The molecule has 0 aliphatic carbocycles. The Morgan fingerprint density at radius 2 is 2.33 bits per heavy atom. The minimum Gasteiger partial charge on any atom is -0.368 e. The second kappa shape index (κ2) is 5.07. The van der Waals surface area contributed by atoms with Crippen molar-refractivity contribution in [2.75, 3.05) is 25.0 Å². The standard InChI is InChI=1S/C11H18N4/c1-9-11(14-6-5-13-9)15-8-10-3-2-4-12-7-10/h5-6,10,12H,2-4,7-8H2,1H3,(H,14,15)/t10-/m1/s1. The normalized spacial score (nSPS) is 21.3. The van der Waals surface area contributed by atoms with Gasteiger partial charge in [0.05, 0.1) is 5.69 Å². The van der Waals surface area contributed by atoms with E-state index in [-0.39, 0.29) is 0 Å². The lowest BCUT2D eigenvalue weighted by Gasteiger charge is -2.23. The molecule has 0 spiro atoms. The van der Waals surface area contributed by atoms with Gasteiger partial charge in [0.1, 0.15) is 5.82 Å². The molecule has 4 nitrogen and oxygen atoms in total. The Morgan fingerprint density at radius 1 is 1.47 bits per heavy atom. The summed E-state index contributed by atoms with van der Waals surface area (Å²) in [5.74, 6) is 1.64. The summed E-state index contributed by atoms with van der Waals surface area (Å²) in [5.41, 5.74) is 0.973. The highest BCUT2D eigenvalue weighted by atomic mass is 15.0. The molecule has 1 aliphatic heterocycles. The Bertz CT molecular complexity index is 307. The molecule has 0 aromatic carbocycles. The van der Waals surface area contributed by atoms with E-state index >= 15 is 0 Å². The predicted molar refractivity (Wildman–Crippen MR) is 60.9 cm³/mol. The van der Waals surface area contributed by atoms with E-state index in [1.807, 2.05) is 6.92 Å². The molecule has 2 rings (SSSR count). The van der Waals surface area contributed by atoms with Gasteiger partial charge >= 0.3 is 0 Å². The molecule has 0 unspecified atom stereocenters. The third kappa shape index (κ3) is 2.89. The van der Waals surface area contributed by atoms with Gasteiger partial charge in [-0.2, -0.15) is 0 Å². The summed E-state index contributed by atoms with van der Waals surface area (Å²) < 4.78 is 0. The second-order valence-corrected chi connectivity index (χ2v) is 4.08. The van der Waals surface area contributed by atoms with Crippen LogP contribution in [0.3, 0.4) is 0 Å². The van der Waals surface area contributed by atoms with Crippen molar-refractivity contribution in [1.29, 1.82) is 0 Å². The van der Waals surface area contributed by atoms with Crippen LogP contribution in [0.4, 0.5) is 5.82 Å². The van der Waals surface area contributed by atoms with Gasteiger partial charge in [0, 0.05) is 18.9 Å². The summed E-state index contributed by atoms with van der Waals surface area (Å²) in [4.78, 5) is 8.47. The second-order valence-electron chi connectivity index (χ2n) is 4.08. The van der Waals surface area contributed by atoms with Crippen LogP contribution in [0.15, 0.2) is 12.4 Å². The number of hydrogen-bond acceptors (Lipinski definition) is 4. The number of aryl methyl sites for hydroxylation is 1. The molecule has 0 bridgehead atoms. The fourth-order valence-electron chi connectivity index (χ4n) is 1.92. The van der Waals surface area contributed by atoms with Crippen LogP contribution in [0.25, 0.3) is 0 Å². The lowest BCUT2D eigenvalue weighted by Crippen LogP contribution is -2.33. The third-order valence-electron chi connectivity index (χ3n) is 2.84. The molecule has 1 aliphatic rings. The molecule has 1 aromatic heterocycles. The molecule has 2 heterocycles. The number of piperidine rings is 1. The topological polar surface area (TPSA) is 49.8 Å². The fraction of sp³-hybridized carbons (Fsp3) is 0.636. The first-order valence-electron chi connectivity index (χ1n) is 5.58. The van der Waals surface area contributed by atoms with Gasteiger partial charge in [0.15, 0.2) is 0 Å². The van der Waals surface area contributed by atoms with Crippen molar-refractivity contribution in [3.63, 3.8) is 0 Å².